The minimum absolute atomic E-state index is 0.157. The molecule has 0 fully saturated rings. The number of hydrogen-bond acceptors (Lipinski definition) is 2. The van der Waals surface area contributed by atoms with E-state index in [2.05, 4.69) is 4.74 Å². The van der Waals surface area contributed by atoms with Crippen molar-refractivity contribution in [3.63, 3.8) is 0 Å². The third-order valence-electron chi connectivity index (χ3n) is 0.516. The number of methoxy groups -OCH3 is 1. The van der Waals surface area contributed by atoms with Gasteiger partial charge in [0.2, 0.25) is 5.87 Å². The molecule has 0 aromatic carbocycles. The lowest BCUT2D eigenvalue weighted by atomic mass is 9.83. The first-order chi connectivity index (χ1) is 2.81. The van der Waals surface area contributed by atoms with Crippen LogP contribution in [0.25, 0.3) is 0 Å². The number of rotatable bonds is 1. The van der Waals surface area contributed by atoms with Gasteiger partial charge in [-0.1, -0.05) is 6.82 Å². The van der Waals surface area contributed by atoms with Crippen molar-refractivity contribution in [1.29, 1.82) is 0 Å². The van der Waals surface area contributed by atoms with E-state index in [9.17, 15) is 4.79 Å². The highest BCUT2D eigenvalue weighted by Crippen LogP contribution is 1.68. The van der Waals surface area contributed by atoms with E-state index in [1.807, 2.05) is 0 Å². The minimum Gasteiger partial charge on any atom is -0.477 e. The van der Waals surface area contributed by atoms with Gasteiger partial charge in [-0.15, -0.1) is 0 Å². The van der Waals surface area contributed by atoms with Crippen molar-refractivity contribution in [2.75, 3.05) is 7.11 Å². The number of carbonyl (C=O) groups is 1. The molecule has 0 aliphatic carbocycles. The first-order valence-corrected chi connectivity index (χ1v) is 1.88. The van der Waals surface area contributed by atoms with Crippen LogP contribution >= 0.6 is 0 Å². The third kappa shape index (κ3) is 1.82. The molecule has 0 bridgehead atoms. The maximum absolute atomic E-state index is 9.96. The van der Waals surface area contributed by atoms with Gasteiger partial charge in [0.1, 0.15) is 0 Å². The van der Waals surface area contributed by atoms with Gasteiger partial charge < -0.3 is 4.74 Å². The Balaban J connectivity index is 2.99. The molecule has 0 aromatic heterocycles. The van der Waals surface area contributed by atoms with E-state index in [4.69, 9.17) is 0 Å². The van der Waals surface area contributed by atoms with Crippen LogP contribution in [-0.2, 0) is 4.74 Å². The highest BCUT2D eigenvalue weighted by atomic mass is 16.5. The maximum atomic E-state index is 9.96. The second-order valence-corrected chi connectivity index (χ2v) is 0.930. The average Bonchev–Trinajstić information content (AvgIpc) is 1.65. The van der Waals surface area contributed by atoms with Crippen molar-refractivity contribution < 1.29 is 9.53 Å². The summed E-state index contributed by atoms with van der Waals surface area (Å²) >= 11 is 0. The van der Waals surface area contributed by atoms with Gasteiger partial charge in [-0.25, -0.2) is 0 Å². The van der Waals surface area contributed by atoms with E-state index in [-0.39, 0.29) is 5.87 Å². The summed E-state index contributed by atoms with van der Waals surface area (Å²) < 4.78 is 4.26. The summed E-state index contributed by atoms with van der Waals surface area (Å²) in [5, 5.41) is 0. The van der Waals surface area contributed by atoms with E-state index >= 15 is 0 Å². The summed E-state index contributed by atoms with van der Waals surface area (Å²) in [5.74, 6) is -0.157. The molecule has 0 saturated carbocycles. The molecule has 0 rings (SSSR count). The summed E-state index contributed by atoms with van der Waals surface area (Å²) in [6, 6.07) is 0. The lowest BCUT2D eigenvalue weighted by molar-refractivity contribution is 0.198. The molecule has 0 spiro atoms. The first-order valence-electron chi connectivity index (χ1n) is 1.88. The zero-order valence-electron chi connectivity index (χ0n) is 4.02. The Morgan fingerprint density at radius 2 is 2.33 bits per heavy atom. The summed E-state index contributed by atoms with van der Waals surface area (Å²) in [6.45, 7) is 1.76. The van der Waals surface area contributed by atoms with Crippen LogP contribution in [0.2, 0.25) is 6.82 Å². The fourth-order valence-electron chi connectivity index (χ4n) is 0.144. The second-order valence-electron chi connectivity index (χ2n) is 0.930. The van der Waals surface area contributed by atoms with Gasteiger partial charge in [0.05, 0.1) is 7.11 Å². The normalized spacial score (nSPS) is 7.00. The average molecular weight is 85.9 g/mol. The molecule has 0 saturated heterocycles. The lowest BCUT2D eigenvalue weighted by Gasteiger charge is -1.86. The van der Waals surface area contributed by atoms with E-state index in [1.165, 1.54) is 7.11 Å². The zero-order chi connectivity index (χ0) is 4.99. The van der Waals surface area contributed by atoms with Crippen molar-refractivity contribution >= 4 is 13.1 Å². The Bertz CT molecular complexity index is 46.8. The van der Waals surface area contributed by atoms with Crippen molar-refractivity contribution in [2.24, 2.45) is 0 Å². The molecule has 0 unspecified atom stereocenters. The van der Waals surface area contributed by atoms with Crippen LogP contribution in [0.1, 0.15) is 0 Å². The van der Waals surface area contributed by atoms with Crippen LogP contribution in [0.4, 0.5) is 4.79 Å². The standard InChI is InChI=1S/C3H7BO2/c1-4-3(5)6-2/h4H,1-2H3. The quantitative estimate of drug-likeness (QED) is 0.427. The molecule has 0 heterocycles. The lowest BCUT2D eigenvalue weighted by Crippen LogP contribution is -2.02. The molecule has 34 valence electrons. The highest BCUT2D eigenvalue weighted by molar-refractivity contribution is 6.70. The Morgan fingerprint density at radius 3 is 2.33 bits per heavy atom. The molecule has 0 aromatic rings. The van der Waals surface area contributed by atoms with Crippen LogP contribution in [0, 0.1) is 0 Å². The van der Waals surface area contributed by atoms with Gasteiger partial charge in [0.15, 0.2) is 0 Å². The Labute approximate surface area is 37.7 Å². The summed E-state index contributed by atoms with van der Waals surface area (Å²) in [6.07, 6.45) is 0. The summed E-state index contributed by atoms with van der Waals surface area (Å²) in [4.78, 5) is 9.96. The number of carbonyl (C=O) groups excluding carboxylic acids is 1. The van der Waals surface area contributed by atoms with Gasteiger partial charge in [-0.2, -0.15) is 0 Å². The fourth-order valence-corrected chi connectivity index (χ4v) is 0.144. The first kappa shape index (κ1) is 5.53. The van der Waals surface area contributed by atoms with E-state index in [0.29, 0.717) is 7.28 Å². The van der Waals surface area contributed by atoms with Gasteiger partial charge in [-0.3, -0.25) is 4.79 Å². The Morgan fingerprint density at radius 1 is 1.83 bits per heavy atom. The summed E-state index contributed by atoms with van der Waals surface area (Å²) in [7, 11) is 1.85. The monoisotopic (exact) mass is 86.1 g/mol. The largest absolute Gasteiger partial charge is 0.477 e. The number of hydrogen-bond donors (Lipinski definition) is 0. The SMILES string of the molecule is CBC(=O)OC. The molecule has 0 N–H and O–H groups in total. The Kier molecular flexibility index (Phi) is 2.54. The maximum Gasteiger partial charge on any atom is 0.257 e. The van der Waals surface area contributed by atoms with Gasteiger partial charge in [0, 0.05) is 0 Å². The second kappa shape index (κ2) is 2.76. The molecule has 3 heteroatoms. The summed E-state index contributed by atoms with van der Waals surface area (Å²) in [5.41, 5.74) is 0. The topological polar surface area (TPSA) is 26.3 Å². The van der Waals surface area contributed by atoms with Crippen LogP contribution < -0.4 is 0 Å². The fraction of sp³-hybridized carbons (Fsp3) is 0.667. The molecule has 2 nitrogen and oxygen atoms in total. The van der Waals surface area contributed by atoms with Crippen molar-refractivity contribution in [2.45, 2.75) is 6.82 Å². The molecule has 0 aliphatic heterocycles. The van der Waals surface area contributed by atoms with Crippen molar-refractivity contribution in [1.82, 2.24) is 0 Å². The van der Waals surface area contributed by atoms with Crippen LogP contribution in [-0.4, -0.2) is 20.3 Å². The smallest absolute Gasteiger partial charge is 0.257 e. The molecule has 0 atom stereocenters. The molecular weight excluding hydrogens is 78.8 g/mol. The van der Waals surface area contributed by atoms with Crippen LogP contribution in [0.15, 0.2) is 0 Å². The molecule has 0 radical (unpaired) electrons. The molecular formula is C3H7BO2. The van der Waals surface area contributed by atoms with E-state index in [0.717, 1.165) is 0 Å². The molecule has 0 amide bonds. The van der Waals surface area contributed by atoms with Gasteiger partial charge >= 0.3 is 0 Å². The van der Waals surface area contributed by atoms with E-state index < -0.39 is 0 Å². The van der Waals surface area contributed by atoms with Crippen LogP contribution in [0.5, 0.6) is 0 Å². The van der Waals surface area contributed by atoms with Crippen molar-refractivity contribution in [3.8, 4) is 0 Å². The Hall–Kier alpha value is -0.465. The van der Waals surface area contributed by atoms with Gasteiger partial charge in [0.25, 0.3) is 7.28 Å². The molecule has 0 aliphatic rings. The zero-order valence-corrected chi connectivity index (χ0v) is 4.02. The van der Waals surface area contributed by atoms with Gasteiger partial charge in [-0.05, 0) is 0 Å². The van der Waals surface area contributed by atoms with Crippen molar-refractivity contribution in [3.05, 3.63) is 0 Å². The third-order valence-corrected chi connectivity index (χ3v) is 0.516. The predicted molar refractivity (Wildman–Crippen MR) is 25.4 cm³/mol. The predicted octanol–water partition coefficient (Wildman–Crippen LogP) is 0.237. The minimum atomic E-state index is -0.157. The number of ether oxygens (including phenoxy) is 1. The highest BCUT2D eigenvalue weighted by Gasteiger charge is 1.90. The van der Waals surface area contributed by atoms with Crippen LogP contribution in [0.3, 0.4) is 0 Å². The van der Waals surface area contributed by atoms with E-state index in [1.54, 1.807) is 6.82 Å². The molecule has 6 heavy (non-hydrogen) atoms.